The molecule has 1 aliphatic carbocycles. The smallest absolute Gasteiger partial charge is 0.310 e. The second kappa shape index (κ2) is 3.33. The van der Waals surface area contributed by atoms with Crippen molar-refractivity contribution in [1.29, 1.82) is 0 Å². The van der Waals surface area contributed by atoms with Crippen molar-refractivity contribution in [3.8, 4) is 0 Å². The monoisotopic (exact) mass is 208 g/mol. The molecule has 2 nitrogen and oxygen atoms in total. The van der Waals surface area contributed by atoms with Crippen LogP contribution in [0.2, 0.25) is 0 Å². The maximum atomic E-state index is 13.7. The number of hydrogen-bond acceptors (Lipinski definition) is 1. The van der Waals surface area contributed by atoms with Gasteiger partial charge in [0.05, 0.1) is 5.92 Å². The predicted octanol–water partition coefficient (Wildman–Crippen LogP) is 2.83. The molecule has 0 spiro atoms. The van der Waals surface area contributed by atoms with Gasteiger partial charge >= 0.3 is 5.97 Å². The minimum Gasteiger partial charge on any atom is -0.481 e. The van der Waals surface area contributed by atoms with Crippen LogP contribution in [-0.2, 0) is 10.5 Å². The first-order valence-corrected chi connectivity index (χ1v) is 5.05. The van der Waals surface area contributed by atoms with Crippen LogP contribution in [0.4, 0.5) is 4.39 Å². The van der Waals surface area contributed by atoms with Gasteiger partial charge in [0, 0.05) is 0 Å². The summed E-state index contributed by atoms with van der Waals surface area (Å²) in [7, 11) is 0. The van der Waals surface area contributed by atoms with Gasteiger partial charge in [0.25, 0.3) is 0 Å². The molecule has 0 heterocycles. The molecule has 0 radical (unpaired) electrons. The van der Waals surface area contributed by atoms with Crippen LogP contribution >= 0.6 is 0 Å². The molecule has 1 atom stereocenters. The van der Waals surface area contributed by atoms with E-state index in [4.69, 9.17) is 5.11 Å². The second-order valence-corrected chi connectivity index (χ2v) is 4.15. The third-order valence-electron chi connectivity index (χ3n) is 2.96. The molecule has 0 aromatic heterocycles. The topological polar surface area (TPSA) is 37.3 Å². The molecule has 1 fully saturated rings. The highest BCUT2D eigenvalue weighted by Gasteiger charge is 2.45. The minimum atomic E-state index is -1.19. The Kier molecular flexibility index (Phi) is 2.25. The van der Waals surface area contributed by atoms with Crippen molar-refractivity contribution < 1.29 is 14.3 Å². The lowest BCUT2D eigenvalue weighted by atomic mass is 9.97. The number of benzene rings is 1. The fourth-order valence-electron chi connectivity index (χ4n) is 1.63. The zero-order valence-electron chi connectivity index (χ0n) is 8.53. The van der Waals surface area contributed by atoms with Crippen molar-refractivity contribution in [1.82, 2.24) is 0 Å². The number of carbonyl (C=O) groups is 1. The number of carboxylic acid groups (broad SMARTS) is 1. The molecule has 0 aliphatic heterocycles. The summed E-state index contributed by atoms with van der Waals surface area (Å²) in [6, 6.07) is 6.86. The lowest BCUT2D eigenvalue weighted by molar-refractivity contribution is -0.138. The molecule has 0 saturated heterocycles. The predicted molar refractivity (Wildman–Crippen MR) is 54.5 cm³/mol. The number of aliphatic carboxylic acids is 1. The summed E-state index contributed by atoms with van der Waals surface area (Å²) in [5.41, 5.74) is 0.103. The first-order valence-electron chi connectivity index (χ1n) is 5.05. The fraction of sp³-hybridized carbons (Fsp3) is 0.417. The van der Waals surface area contributed by atoms with Crippen molar-refractivity contribution in [3.63, 3.8) is 0 Å². The van der Waals surface area contributed by atoms with Gasteiger partial charge in [0.1, 0.15) is 5.67 Å². The van der Waals surface area contributed by atoms with Gasteiger partial charge in [-0.1, -0.05) is 24.3 Å². The SMILES string of the molecule is CC(C(=O)O)c1cccc(C2(F)CC2)c1. The van der Waals surface area contributed by atoms with E-state index in [-0.39, 0.29) is 0 Å². The highest BCUT2D eigenvalue weighted by atomic mass is 19.1. The van der Waals surface area contributed by atoms with Gasteiger partial charge in [-0.2, -0.15) is 0 Å². The number of halogens is 1. The normalized spacial score (nSPS) is 19.6. The molecular formula is C12H13FO2. The molecule has 0 bridgehead atoms. The Morgan fingerprint density at radius 2 is 2.20 bits per heavy atom. The molecule has 1 saturated carbocycles. The zero-order valence-corrected chi connectivity index (χ0v) is 8.53. The maximum absolute atomic E-state index is 13.7. The summed E-state index contributed by atoms with van der Waals surface area (Å²) in [6.07, 6.45) is 1.11. The van der Waals surface area contributed by atoms with Gasteiger partial charge in [0.2, 0.25) is 0 Å². The Morgan fingerprint density at radius 1 is 1.53 bits per heavy atom. The quantitative estimate of drug-likeness (QED) is 0.829. The number of rotatable bonds is 3. The van der Waals surface area contributed by atoms with Crippen LogP contribution in [0.25, 0.3) is 0 Å². The Morgan fingerprint density at radius 3 is 2.73 bits per heavy atom. The first-order chi connectivity index (χ1) is 7.03. The lowest BCUT2D eigenvalue weighted by Gasteiger charge is -2.10. The van der Waals surface area contributed by atoms with Crippen molar-refractivity contribution in [3.05, 3.63) is 35.4 Å². The van der Waals surface area contributed by atoms with Crippen molar-refractivity contribution in [2.45, 2.75) is 31.4 Å². The third-order valence-corrected chi connectivity index (χ3v) is 2.96. The first kappa shape index (κ1) is 10.1. The van der Waals surface area contributed by atoms with Crippen LogP contribution in [0, 0.1) is 0 Å². The molecule has 0 amide bonds. The van der Waals surface area contributed by atoms with Gasteiger partial charge in [-0.15, -0.1) is 0 Å². The van der Waals surface area contributed by atoms with Crippen LogP contribution in [0.3, 0.4) is 0 Å². The Hall–Kier alpha value is -1.38. The van der Waals surface area contributed by atoms with Gasteiger partial charge in [-0.25, -0.2) is 4.39 Å². The number of carboxylic acids is 1. The highest BCUT2D eigenvalue weighted by molar-refractivity contribution is 5.75. The van der Waals surface area contributed by atoms with Gasteiger partial charge < -0.3 is 5.11 Å². The van der Waals surface area contributed by atoms with Gasteiger partial charge in [-0.05, 0) is 30.9 Å². The molecule has 1 unspecified atom stereocenters. The van der Waals surface area contributed by atoms with E-state index < -0.39 is 17.6 Å². The van der Waals surface area contributed by atoms with Crippen LogP contribution in [0.15, 0.2) is 24.3 Å². The molecule has 1 N–H and O–H groups in total. The number of hydrogen-bond donors (Lipinski definition) is 1. The average molecular weight is 208 g/mol. The molecule has 3 heteroatoms. The van der Waals surface area contributed by atoms with E-state index in [9.17, 15) is 9.18 Å². The highest BCUT2D eigenvalue weighted by Crippen LogP contribution is 2.49. The van der Waals surface area contributed by atoms with Crippen LogP contribution in [0.5, 0.6) is 0 Å². The summed E-state index contributed by atoms with van der Waals surface area (Å²) in [4.78, 5) is 10.8. The molecular weight excluding hydrogens is 195 g/mol. The molecule has 1 aliphatic rings. The van der Waals surface area contributed by atoms with E-state index in [0.717, 1.165) is 0 Å². The van der Waals surface area contributed by atoms with Crippen molar-refractivity contribution in [2.24, 2.45) is 0 Å². The van der Waals surface area contributed by atoms with E-state index >= 15 is 0 Å². The summed E-state index contributed by atoms with van der Waals surface area (Å²) >= 11 is 0. The molecule has 15 heavy (non-hydrogen) atoms. The fourth-order valence-corrected chi connectivity index (χ4v) is 1.63. The molecule has 80 valence electrons. The Labute approximate surface area is 87.7 Å². The van der Waals surface area contributed by atoms with E-state index in [1.54, 1.807) is 31.2 Å². The number of alkyl halides is 1. The zero-order chi connectivity index (χ0) is 11.1. The summed E-state index contributed by atoms with van der Waals surface area (Å²) < 4.78 is 13.7. The van der Waals surface area contributed by atoms with Crippen LogP contribution < -0.4 is 0 Å². The summed E-state index contributed by atoms with van der Waals surface area (Å²) in [5, 5.41) is 8.85. The van der Waals surface area contributed by atoms with E-state index in [1.807, 2.05) is 0 Å². The Balaban J connectivity index is 2.30. The standard InChI is InChI=1S/C12H13FO2/c1-8(11(14)15)9-3-2-4-10(7-9)12(13)5-6-12/h2-4,7-8H,5-6H2,1H3,(H,14,15). The van der Waals surface area contributed by atoms with Crippen molar-refractivity contribution in [2.75, 3.05) is 0 Å². The van der Waals surface area contributed by atoms with Crippen molar-refractivity contribution >= 4 is 5.97 Å². The third kappa shape index (κ3) is 1.87. The Bertz CT molecular complexity index is 396. The van der Waals surface area contributed by atoms with Gasteiger partial charge in [-0.3, -0.25) is 4.79 Å². The summed E-state index contributed by atoms with van der Waals surface area (Å²) in [6.45, 7) is 1.61. The molecule has 2 rings (SSSR count). The molecule has 1 aromatic rings. The van der Waals surface area contributed by atoms with E-state index in [2.05, 4.69) is 0 Å². The maximum Gasteiger partial charge on any atom is 0.310 e. The molecule has 1 aromatic carbocycles. The van der Waals surface area contributed by atoms with E-state index in [0.29, 0.717) is 24.0 Å². The van der Waals surface area contributed by atoms with Crippen LogP contribution in [-0.4, -0.2) is 11.1 Å². The minimum absolute atomic E-state index is 0.553. The largest absolute Gasteiger partial charge is 0.481 e. The van der Waals surface area contributed by atoms with Crippen LogP contribution in [0.1, 0.15) is 36.8 Å². The lowest BCUT2D eigenvalue weighted by Crippen LogP contribution is -2.08. The second-order valence-electron chi connectivity index (χ2n) is 4.15. The average Bonchev–Trinajstić information content (AvgIpc) is 2.97. The summed E-state index contributed by atoms with van der Waals surface area (Å²) in [5.74, 6) is -1.46. The van der Waals surface area contributed by atoms with Gasteiger partial charge in [0.15, 0.2) is 0 Å². The van der Waals surface area contributed by atoms with E-state index in [1.165, 1.54) is 0 Å².